The maximum Gasteiger partial charge on any atom is 0.407 e. The van der Waals surface area contributed by atoms with Gasteiger partial charge >= 0.3 is 6.09 Å². The second-order valence-corrected chi connectivity index (χ2v) is 4.10. The molecule has 1 aliphatic carbocycles. The minimum atomic E-state index is -0.358. The van der Waals surface area contributed by atoms with Crippen molar-refractivity contribution in [2.24, 2.45) is 11.7 Å². The molecule has 2 amide bonds. The Morgan fingerprint density at radius 1 is 1.50 bits per heavy atom. The first-order valence-electron chi connectivity index (χ1n) is 4.87. The SMILES string of the molecule is NC(=O)C1CCC2(CC1)CNC(=O)O2. The summed E-state index contributed by atoms with van der Waals surface area (Å²) in [6.07, 6.45) is 2.58. The molecule has 5 nitrogen and oxygen atoms in total. The molecule has 2 fully saturated rings. The van der Waals surface area contributed by atoms with Crippen molar-refractivity contribution in [3.05, 3.63) is 0 Å². The number of amides is 2. The molecular weight excluding hydrogens is 184 g/mol. The normalized spacial score (nSPS) is 36.6. The minimum Gasteiger partial charge on any atom is -0.441 e. The molecule has 2 rings (SSSR count). The Morgan fingerprint density at radius 3 is 2.57 bits per heavy atom. The number of ether oxygens (including phenoxy) is 1. The topological polar surface area (TPSA) is 81.4 Å². The van der Waals surface area contributed by atoms with Gasteiger partial charge in [-0.1, -0.05) is 0 Å². The van der Waals surface area contributed by atoms with E-state index in [4.69, 9.17) is 10.5 Å². The van der Waals surface area contributed by atoms with E-state index in [0.29, 0.717) is 6.54 Å². The van der Waals surface area contributed by atoms with Crippen LogP contribution in [0, 0.1) is 5.92 Å². The predicted octanol–water partition coefficient (Wildman–Crippen LogP) is 0.140. The molecule has 1 spiro atoms. The Labute approximate surface area is 82.0 Å². The van der Waals surface area contributed by atoms with Crippen molar-refractivity contribution in [2.75, 3.05) is 6.54 Å². The Balaban J connectivity index is 1.95. The fourth-order valence-electron chi connectivity index (χ4n) is 2.21. The molecular formula is C9H14N2O3. The van der Waals surface area contributed by atoms with Gasteiger partial charge in [-0.15, -0.1) is 0 Å². The van der Waals surface area contributed by atoms with E-state index in [2.05, 4.69) is 5.32 Å². The van der Waals surface area contributed by atoms with Crippen LogP contribution in [0.2, 0.25) is 0 Å². The summed E-state index contributed by atoms with van der Waals surface area (Å²) in [6, 6.07) is 0. The summed E-state index contributed by atoms with van der Waals surface area (Å²) in [5, 5.41) is 2.65. The molecule has 0 aromatic carbocycles. The molecule has 0 aromatic rings. The lowest BCUT2D eigenvalue weighted by Gasteiger charge is -2.33. The number of primary amides is 1. The Morgan fingerprint density at radius 2 is 2.14 bits per heavy atom. The first-order valence-corrected chi connectivity index (χ1v) is 4.87. The third kappa shape index (κ3) is 1.54. The van der Waals surface area contributed by atoms with E-state index in [0.717, 1.165) is 25.7 Å². The van der Waals surface area contributed by atoms with Gasteiger partial charge in [-0.25, -0.2) is 4.79 Å². The average Bonchev–Trinajstić information content (AvgIpc) is 2.48. The molecule has 1 saturated carbocycles. The van der Waals surface area contributed by atoms with Gasteiger partial charge in [0.25, 0.3) is 0 Å². The summed E-state index contributed by atoms with van der Waals surface area (Å²) in [4.78, 5) is 21.8. The standard InChI is InChI=1S/C9H14N2O3/c10-7(12)6-1-3-9(4-2-6)5-11-8(13)14-9/h6H,1-5H2,(H2,10,12)(H,11,13). The maximum atomic E-state index is 10.9. The molecule has 0 atom stereocenters. The molecule has 78 valence electrons. The lowest BCUT2D eigenvalue weighted by Crippen LogP contribution is -2.40. The Bertz CT molecular complexity index is 269. The molecule has 0 aromatic heterocycles. The maximum absolute atomic E-state index is 10.9. The monoisotopic (exact) mass is 198 g/mol. The van der Waals surface area contributed by atoms with Crippen LogP contribution in [0.3, 0.4) is 0 Å². The molecule has 3 N–H and O–H groups in total. The second-order valence-electron chi connectivity index (χ2n) is 4.10. The van der Waals surface area contributed by atoms with Gasteiger partial charge in [0, 0.05) is 5.92 Å². The van der Waals surface area contributed by atoms with Gasteiger partial charge in [-0.2, -0.15) is 0 Å². The number of alkyl carbamates (subject to hydrolysis) is 1. The zero-order valence-electron chi connectivity index (χ0n) is 7.91. The van der Waals surface area contributed by atoms with E-state index >= 15 is 0 Å². The Kier molecular flexibility index (Phi) is 2.09. The lowest BCUT2D eigenvalue weighted by atomic mass is 9.78. The molecule has 1 aliphatic heterocycles. The van der Waals surface area contributed by atoms with Gasteiger partial charge in [-0.05, 0) is 25.7 Å². The quantitative estimate of drug-likeness (QED) is 0.628. The van der Waals surface area contributed by atoms with Crippen LogP contribution in [-0.4, -0.2) is 24.1 Å². The van der Waals surface area contributed by atoms with Gasteiger partial charge in [0.1, 0.15) is 5.60 Å². The van der Waals surface area contributed by atoms with Crippen molar-refractivity contribution in [1.29, 1.82) is 0 Å². The van der Waals surface area contributed by atoms with Crippen molar-refractivity contribution >= 4 is 12.0 Å². The highest BCUT2D eigenvalue weighted by molar-refractivity contribution is 5.77. The van der Waals surface area contributed by atoms with Crippen LogP contribution in [0.25, 0.3) is 0 Å². The van der Waals surface area contributed by atoms with Crippen LogP contribution < -0.4 is 11.1 Å². The second kappa shape index (κ2) is 3.15. The summed E-state index contributed by atoms with van der Waals surface area (Å²) < 4.78 is 5.22. The summed E-state index contributed by atoms with van der Waals surface area (Å²) in [6.45, 7) is 0.567. The first kappa shape index (κ1) is 9.30. The summed E-state index contributed by atoms with van der Waals surface area (Å²) in [7, 11) is 0. The van der Waals surface area contributed by atoms with Crippen molar-refractivity contribution < 1.29 is 14.3 Å². The number of carbonyl (C=O) groups excluding carboxylic acids is 2. The van der Waals surface area contributed by atoms with Gasteiger partial charge < -0.3 is 15.8 Å². The summed E-state index contributed by atoms with van der Waals surface area (Å²) in [5.74, 6) is -0.281. The largest absolute Gasteiger partial charge is 0.441 e. The fraction of sp³-hybridized carbons (Fsp3) is 0.778. The van der Waals surface area contributed by atoms with Gasteiger partial charge in [0.2, 0.25) is 5.91 Å². The molecule has 2 aliphatic rings. The van der Waals surface area contributed by atoms with Crippen molar-refractivity contribution in [3.8, 4) is 0 Å². The van der Waals surface area contributed by atoms with Crippen LogP contribution in [-0.2, 0) is 9.53 Å². The fourth-order valence-corrected chi connectivity index (χ4v) is 2.21. The molecule has 1 heterocycles. The highest BCUT2D eigenvalue weighted by Gasteiger charge is 2.43. The van der Waals surface area contributed by atoms with Crippen LogP contribution in [0.1, 0.15) is 25.7 Å². The van der Waals surface area contributed by atoms with Gasteiger partial charge in [-0.3, -0.25) is 4.79 Å². The van der Waals surface area contributed by atoms with E-state index in [1.165, 1.54) is 0 Å². The van der Waals surface area contributed by atoms with Crippen LogP contribution in [0.5, 0.6) is 0 Å². The molecule has 1 saturated heterocycles. The molecule has 0 radical (unpaired) electrons. The van der Waals surface area contributed by atoms with Crippen molar-refractivity contribution in [3.63, 3.8) is 0 Å². The van der Waals surface area contributed by atoms with E-state index in [-0.39, 0.29) is 23.5 Å². The van der Waals surface area contributed by atoms with Crippen molar-refractivity contribution in [2.45, 2.75) is 31.3 Å². The third-order valence-electron chi connectivity index (χ3n) is 3.16. The predicted molar refractivity (Wildman–Crippen MR) is 48.4 cm³/mol. The van der Waals surface area contributed by atoms with E-state index < -0.39 is 0 Å². The number of nitrogens with one attached hydrogen (secondary N) is 1. The summed E-state index contributed by atoms with van der Waals surface area (Å²) >= 11 is 0. The number of rotatable bonds is 1. The van der Waals surface area contributed by atoms with E-state index in [1.54, 1.807) is 0 Å². The van der Waals surface area contributed by atoms with Crippen molar-refractivity contribution in [1.82, 2.24) is 5.32 Å². The highest BCUT2D eigenvalue weighted by atomic mass is 16.6. The third-order valence-corrected chi connectivity index (χ3v) is 3.16. The number of nitrogens with two attached hydrogens (primary N) is 1. The number of hydrogen-bond acceptors (Lipinski definition) is 3. The number of carbonyl (C=O) groups is 2. The highest BCUT2D eigenvalue weighted by Crippen LogP contribution is 2.36. The number of hydrogen-bond donors (Lipinski definition) is 2. The molecule has 0 bridgehead atoms. The van der Waals surface area contributed by atoms with Gasteiger partial charge in [0.15, 0.2) is 0 Å². The minimum absolute atomic E-state index is 0.0417. The smallest absolute Gasteiger partial charge is 0.407 e. The van der Waals surface area contributed by atoms with Crippen LogP contribution >= 0.6 is 0 Å². The molecule has 5 heteroatoms. The zero-order valence-corrected chi connectivity index (χ0v) is 7.91. The molecule has 0 unspecified atom stereocenters. The zero-order chi connectivity index (χ0) is 10.2. The van der Waals surface area contributed by atoms with E-state index in [1.807, 2.05) is 0 Å². The average molecular weight is 198 g/mol. The summed E-state index contributed by atoms with van der Waals surface area (Å²) in [5.41, 5.74) is 4.86. The Hall–Kier alpha value is -1.26. The lowest BCUT2D eigenvalue weighted by molar-refractivity contribution is -0.124. The van der Waals surface area contributed by atoms with Crippen LogP contribution in [0.15, 0.2) is 0 Å². The van der Waals surface area contributed by atoms with E-state index in [9.17, 15) is 9.59 Å². The first-order chi connectivity index (χ1) is 6.61. The molecule has 14 heavy (non-hydrogen) atoms. The van der Waals surface area contributed by atoms with Crippen LogP contribution in [0.4, 0.5) is 4.79 Å². The van der Waals surface area contributed by atoms with Gasteiger partial charge in [0.05, 0.1) is 6.54 Å².